The number of benzene rings is 1. The zero-order chi connectivity index (χ0) is 11.9. The van der Waals surface area contributed by atoms with E-state index in [2.05, 4.69) is 12.1 Å². The van der Waals surface area contributed by atoms with Crippen LogP contribution in [0.4, 0.5) is 0 Å². The Balaban J connectivity index is 1.64. The van der Waals surface area contributed by atoms with Crippen LogP contribution in [0, 0.1) is 5.92 Å². The first-order valence-corrected chi connectivity index (χ1v) is 6.84. The zero-order valence-corrected chi connectivity index (χ0v) is 10.4. The highest BCUT2D eigenvalue weighted by molar-refractivity contribution is 5.90. The van der Waals surface area contributed by atoms with Crippen LogP contribution in [-0.2, 0) is 0 Å². The van der Waals surface area contributed by atoms with Gasteiger partial charge in [-0.25, -0.2) is 0 Å². The molecule has 2 unspecified atom stereocenters. The third-order valence-corrected chi connectivity index (χ3v) is 4.43. The van der Waals surface area contributed by atoms with Crippen molar-refractivity contribution in [2.24, 2.45) is 10.9 Å². The molecule has 0 bridgehead atoms. The van der Waals surface area contributed by atoms with E-state index in [0.29, 0.717) is 18.6 Å². The summed E-state index contributed by atoms with van der Waals surface area (Å²) >= 11 is 0. The van der Waals surface area contributed by atoms with Gasteiger partial charge in [0.25, 0.3) is 0 Å². The first-order valence-electron chi connectivity index (χ1n) is 6.84. The Kier molecular flexibility index (Phi) is 2.32. The minimum atomic E-state index is 0.356. The standard InChI is InChI=1S/C15H17NO2/c1-2-4-13-11(3-1)12(8-16-13)10-5-6-14-15(7-10)18-9-17-14/h5-7,11-12H,1-4,8-9H2. The lowest BCUT2D eigenvalue weighted by Gasteiger charge is -2.25. The van der Waals surface area contributed by atoms with Crippen molar-refractivity contribution in [3.8, 4) is 11.5 Å². The number of nitrogens with zero attached hydrogens (tertiary/aromatic N) is 1. The van der Waals surface area contributed by atoms with E-state index in [1.165, 1.54) is 37.0 Å². The van der Waals surface area contributed by atoms with Gasteiger partial charge in [0.05, 0.1) is 0 Å². The van der Waals surface area contributed by atoms with E-state index < -0.39 is 0 Å². The van der Waals surface area contributed by atoms with Crippen LogP contribution in [0.25, 0.3) is 0 Å². The SMILES string of the molecule is c1cc2c(cc1C1CN=C3CCCCC31)OCO2. The van der Waals surface area contributed by atoms with E-state index in [0.717, 1.165) is 18.0 Å². The quantitative estimate of drug-likeness (QED) is 0.758. The molecule has 2 atom stereocenters. The Hall–Kier alpha value is -1.51. The number of hydrogen-bond acceptors (Lipinski definition) is 3. The summed E-state index contributed by atoms with van der Waals surface area (Å²) < 4.78 is 10.8. The number of ether oxygens (including phenoxy) is 2. The van der Waals surface area contributed by atoms with Crippen molar-refractivity contribution in [2.45, 2.75) is 31.6 Å². The number of rotatable bonds is 1. The molecule has 0 saturated heterocycles. The van der Waals surface area contributed by atoms with Gasteiger partial charge in [0.15, 0.2) is 11.5 Å². The van der Waals surface area contributed by atoms with E-state index in [1.54, 1.807) is 0 Å². The predicted octanol–water partition coefficient (Wildman–Crippen LogP) is 3.14. The topological polar surface area (TPSA) is 30.8 Å². The Morgan fingerprint density at radius 3 is 3.00 bits per heavy atom. The second-order valence-corrected chi connectivity index (χ2v) is 5.40. The summed E-state index contributed by atoms with van der Waals surface area (Å²) in [6.45, 7) is 1.31. The van der Waals surface area contributed by atoms with Crippen molar-refractivity contribution in [2.75, 3.05) is 13.3 Å². The Bertz CT molecular complexity index is 509. The number of aliphatic imine (C=N–C) groups is 1. The molecule has 0 amide bonds. The third-order valence-electron chi connectivity index (χ3n) is 4.43. The molecule has 3 heteroatoms. The largest absolute Gasteiger partial charge is 0.454 e. The van der Waals surface area contributed by atoms with Crippen molar-refractivity contribution < 1.29 is 9.47 Å². The van der Waals surface area contributed by atoms with E-state index in [1.807, 2.05) is 6.07 Å². The molecular weight excluding hydrogens is 226 g/mol. The van der Waals surface area contributed by atoms with Crippen molar-refractivity contribution in [1.82, 2.24) is 0 Å². The summed E-state index contributed by atoms with van der Waals surface area (Å²) in [4.78, 5) is 4.75. The molecule has 4 rings (SSSR count). The molecule has 1 fully saturated rings. The lowest BCUT2D eigenvalue weighted by Crippen LogP contribution is -2.21. The van der Waals surface area contributed by atoms with Crippen LogP contribution in [-0.4, -0.2) is 19.0 Å². The highest BCUT2D eigenvalue weighted by Gasteiger charge is 2.34. The molecule has 1 aliphatic carbocycles. The smallest absolute Gasteiger partial charge is 0.231 e. The molecule has 1 aromatic carbocycles. The normalized spacial score (nSPS) is 29.0. The molecule has 0 radical (unpaired) electrons. The summed E-state index contributed by atoms with van der Waals surface area (Å²) in [7, 11) is 0. The first kappa shape index (κ1) is 10.4. The molecule has 0 spiro atoms. The van der Waals surface area contributed by atoms with Crippen LogP contribution in [0.2, 0.25) is 0 Å². The Morgan fingerprint density at radius 2 is 2.00 bits per heavy atom. The van der Waals surface area contributed by atoms with E-state index in [-0.39, 0.29) is 0 Å². The Labute approximate surface area is 107 Å². The van der Waals surface area contributed by atoms with E-state index in [9.17, 15) is 0 Å². The second-order valence-electron chi connectivity index (χ2n) is 5.40. The van der Waals surface area contributed by atoms with Gasteiger partial charge in [-0.05, 0) is 37.0 Å². The molecule has 1 aromatic rings. The fourth-order valence-electron chi connectivity index (χ4n) is 3.48. The molecule has 2 heterocycles. The fraction of sp³-hybridized carbons (Fsp3) is 0.533. The van der Waals surface area contributed by atoms with Crippen LogP contribution >= 0.6 is 0 Å². The maximum atomic E-state index is 5.48. The molecule has 18 heavy (non-hydrogen) atoms. The summed E-state index contributed by atoms with van der Waals surface area (Å²) in [6.07, 6.45) is 5.19. The van der Waals surface area contributed by atoms with Crippen LogP contribution in [0.3, 0.4) is 0 Å². The van der Waals surface area contributed by atoms with Crippen LogP contribution in [0.5, 0.6) is 11.5 Å². The number of fused-ring (bicyclic) bond motifs is 2. The maximum Gasteiger partial charge on any atom is 0.231 e. The molecule has 1 saturated carbocycles. The fourth-order valence-corrected chi connectivity index (χ4v) is 3.48. The molecule has 3 nitrogen and oxygen atoms in total. The Morgan fingerprint density at radius 1 is 1.06 bits per heavy atom. The summed E-state index contributed by atoms with van der Waals surface area (Å²) in [5.41, 5.74) is 2.83. The van der Waals surface area contributed by atoms with Gasteiger partial charge in [0, 0.05) is 24.1 Å². The summed E-state index contributed by atoms with van der Waals surface area (Å²) in [5.74, 6) is 3.02. The minimum absolute atomic E-state index is 0.356. The molecule has 3 aliphatic rings. The van der Waals surface area contributed by atoms with Crippen molar-refractivity contribution in [1.29, 1.82) is 0 Å². The van der Waals surface area contributed by atoms with Crippen LogP contribution < -0.4 is 9.47 Å². The minimum Gasteiger partial charge on any atom is -0.454 e. The van der Waals surface area contributed by atoms with Crippen LogP contribution in [0.15, 0.2) is 23.2 Å². The van der Waals surface area contributed by atoms with Crippen molar-refractivity contribution in [3.05, 3.63) is 23.8 Å². The molecular formula is C15H17NO2. The molecule has 2 aliphatic heterocycles. The van der Waals surface area contributed by atoms with Crippen LogP contribution in [0.1, 0.15) is 37.2 Å². The van der Waals surface area contributed by atoms with Gasteiger partial charge in [-0.15, -0.1) is 0 Å². The van der Waals surface area contributed by atoms with Crippen molar-refractivity contribution in [3.63, 3.8) is 0 Å². The molecule has 0 aromatic heterocycles. The van der Waals surface area contributed by atoms with E-state index >= 15 is 0 Å². The van der Waals surface area contributed by atoms with E-state index in [4.69, 9.17) is 14.5 Å². The summed E-state index contributed by atoms with van der Waals surface area (Å²) in [5, 5.41) is 0. The molecule has 0 N–H and O–H groups in total. The number of hydrogen-bond donors (Lipinski definition) is 0. The summed E-state index contributed by atoms with van der Waals surface area (Å²) in [6, 6.07) is 6.38. The van der Waals surface area contributed by atoms with Gasteiger partial charge in [-0.3, -0.25) is 4.99 Å². The van der Waals surface area contributed by atoms with Gasteiger partial charge in [0.1, 0.15) is 0 Å². The zero-order valence-electron chi connectivity index (χ0n) is 10.4. The predicted molar refractivity (Wildman–Crippen MR) is 69.6 cm³/mol. The molecule has 94 valence electrons. The highest BCUT2D eigenvalue weighted by atomic mass is 16.7. The van der Waals surface area contributed by atoms with Gasteiger partial charge in [-0.2, -0.15) is 0 Å². The highest BCUT2D eigenvalue weighted by Crippen LogP contribution is 2.42. The van der Waals surface area contributed by atoms with Gasteiger partial charge >= 0.3 is 0 Å². The average Bonchev–Trinajstić information content (AvgIpc) is 3.04. The van der Waals surface area contributed by atoms with Gasteiger partial charge in [-0.1, -0.05) is 12.5 Å². The van der Waals surface area contributed by atoms with Crippen molar-refractivity contribution >= 4 is 5.71 Å². The van der Waals surface area contributed by atoms with Gasteiger partial charge in [0.2, 0.25) is 6.79 Å². The monoisotopic (exact) mass is 243 g/mol. The second kappa shape index (κ2) is 4.01. The third kappa shape index (κ3) is 1.53. The lowest BCUT2D eigenvalue weighted by atomic mass is 9.78. The average molecular weight is 243 g/mol. The maximum absolute atomic E-state index is 5.48. The lowest BCUT2D eigenvalue weighted by molar-refractivity contribution is 0.174. The first-order chi connectivity index (χ1) is 8.92. The van der Waals surface area contributed by atoms with Gasteiger partial charge < -0.3 is 9.47 Å².